The number of carboxylic acids is 1. The predicted molar refractivity (Wildman–Crippen MR) is 69.3 cm³/mol. The molecule has 0 heterocycles. The molecule has 2 N–H and O–H groups in total. The van der Waals surface area contributed by atoms with Crippen molar-refractivity contribution in [2.24, 2.45) is 5.41 Å². The molecule has 0 saturated heterocycles. The zero-order valence-corrected chi connectivity index (χ0v) is 11.4. The fourth-order valence-corrected chi connectivity index (χ4v) is 2.46. The molecular formula is C13H24N2O3. The molecule has 1 rings (SSSR count). The first kappa shape index (κ1) is 15.0. The van der Waals surface area contributed by atoms with Gasteiger partial charge in [0.25, 0.3) is 0 Å². The minimum Gasteiger partial charge on any atom is -0.480 e. The van der Waals surface area contributed by atoms with Gasteiger partial charge in [0.1, 0.15) is 5.41 Å². The van der Waals surface area contributed by atoms with E-state index in [0.29, 0.717) is 19.4 Å². The Bertz CT molecular complexity index is 297. The highest BCUT2D eigenvalue weighted by molar-refractivity contribution is 6.01. The SMILES string of the molecule is CN(C)CCCNC(=O)C1(C(=O)O)CCCCC1. The molecule has 1 fully saturated rings. The molecule has 1 aliphatic rings. The summed E-state index contributed by atoms with van der Waals surface area (Å²) in [7, 11) is 3.95. The van der Waals surface area contributed by atoms with Crippen LogP contribution in [-0.4, -0.2) is 49.1 Å². The maximum atomic E-state index is 12.1. The Hall–Kier alpha value is -1.10. The van der Waals surface area contributed by atoms with Gasteiger partial charge in [-0.25, -0.2) is 0 Å². The van der Waals surface area contributed by atoms with Crippen LogP contribution in [-0.2, 0) is 9.59 Å². The van der Waals surface area contributed by atoms with Crippen LogP contribution in [0.1, 0.15) is 38.5 Å². The fourth-order valence-electron chi connectivity index (χ4n) is 2.46. The molecule has 5 nitrogen and oxygen atoms in total. The van der Waals surface area contributed by atoms with Gasteiger partial charge in [0, 0.05) is 6.54 Å². The average molecular weight is 256 g/mol. The average Bonchev–Trinajstić information content (AvgIpc) is 2.34. The maximum absolute atomic E-state index is 12.1. The summed E-state index contributed by atoms with van der Waals surface area (Å²) in [5, 5.41) is 12.1. The van der Waals surface area contributed by atoms with Gasteiger partial charge < -0.3 is 15.3 Å². The lowest BCUT2D eigenvalue weighted by Gasteiger charge is -2.31. The van der Waals surface area contributed by atoms with Crippen LogP contribution in [0.5, 0.6) is 0 Å². The van der Waals surface area contributed by atoms with E-state index in [4.69, 9.17) is 0 Å². The second-order valence-corrected chi connectivity index (χ2v) is 5.36. The Balaban J connectivity index is 2.48. The third-order valence-electron chi connectivity index (χ3n) is 3.62. The first-order valence-electron chi connectivity index (χ1n) is 6.65. The summed E-state index contributed by atoms with van der Waals surface area (Å²) in [5.41, 5.74) is -1.17. The largest absolute Gasteiger partial charge is 0.480 e. The third-order valence-corrected chi connectivity index (χ3v) is 3.62. The molecule has 1 amide bonds. The number of hydrogen-bond donors (Lipinski definition) is 2. The maximum Gasteiger partial charge on any atom is 0.319 e. The molecule has 0 aliphatic heterocycles. The molecule has 5 heteroatoms. The van der Waals surface area contributed by atoms with Gasteiger partial charge in [-0.1, -0.05) is 19.3 Å². The molecule has 1 aliphatic carbocycles. The van der Waals surface area contributed by atoms with Gasteiger partial charge in [0.15, 0.2) is 0 Å². The molecule has 0 atom stereocenters. The second-order valence-electron chi connectivity index (χ2n) is 5.36. The quantitative estimate of drug-likeness (QED) is 0.551. The van der Waals surface area contributed by atoms with Crippen LogP contribution in [0.4, 0.5) is 0 Å². The van der Waals surface area contributed by atoms with Crippen LogP contribution in [0.2, 0.25) is 0 Å². The highest BCUT2D eigenvalue weighted by Crippen LogP contribution is 2.36. The van der Waals surface area contributed by atoms with Crippen LogP contribution in [0.3, 0.4) is 0 Å². The van der Waals surface area contributed by atoms with E-state index in [2.05, 4.69) is 5.32 Å². The smallest absolute Gasteiger partial charge is 0.319 e. The monoisotopic (exact) mass is 256 g/mol. The molecule has 0 unspecified atom stereocenters. The van der Waals surface area contributed by atoms with Crippen LogP contribution in [0.25, 0.3) is 0 Å². The topological polar surface area (TPSA) is 69.6 Å². The van der Waals surface area contributed by atoms with E-state index in [9.17, 15) is 14.7 Å². The lowest BCUT2D eigenvalue weighted by Crippen LogP contribution is -2.48. The molecule has 0 aromatic carbocycles. The molecular weight excluding hydrogens is 232 g/mol. The molecule has 0 radical (unpaired) electrons. The van der Waals surface area contributed by atoms with Crippen molar-refractivity contribution in [2.45, 2.75) is 38.5 Å². The Morgan fingerprint density at radius 3 is 2.33 bits per heavy atom. The minimum atomic E-state index is -1.17. The number of hydrogen-bond acceptors (Lipinski definition) is 3. The van der Waals surface area contributed by atoms with Crippen LogP contribution < -0.4 is 5.32 Å². The van der Waals surface area contributed by atoms with Crippen LogP contribution >= 0.6 is 0 Å². The van der Waals surface area contributed by atoms with Crippen molar-refractivity contribution in [1.82, 2.24) is 10.2 Å². The normalized spacial score (nSPS) is 18.6. The molecule has 18 heavy (non-hydrogen) atoms. The number of carbonyl (C=O) groups is 2. The Labute approximate surface area is 109 Å². The summed E-state index contributed by atoms with van der Waals surface area (Å²) in [5.74, 6) is -1.26. The van der Waals surface area contributed by atoms with Crippen molar-refractivity contribution in [2.75, 3.05) is 27.2 Å². The minimum absolute atomic E-state index is 0.298. The first-order chi connectivity index (χ1) is 8.49. The van der Waals surface area contributed by atoms with E-state index >= 15 is 0 Å². The summed E-state index contributed by atoms with van der Waals surface area (Å²) in [6.45, 7) is 1.44. The van der Waals surface area contributed by atoms with Crippen molar-refractivity contribution in [3.63, 3.8) is 0 Å². The highest BCUT2D eigenvalue weighted by Gasteiger charge is 2.46. The van der Waals surface area contributed by atoms with Gasteiger partial charge in [-0.05, 0) is 39.9 Å². The van der Waals surface area contributed by atoms with Crippen molar-refractivity contribution in [3.05, 3.63) is 0 Å². The number of amides is 1. The number of rotatable bonds is 6. The van der Waals surface area contributed by atoms with E-state index in [0.717, 1.165) is 32.2 Å². The number of nitrogens with zero attached hydrogens (tertiary/aromatic N) is 1. The summed E-state index contributed by atoms with van der Waals surface area (Å²) in [6.07, 6.45) is 4.48. The molecule has 1 saturated carbocycles. The van der Waals surface area contributed by atoms with E-state index in [1.54, 1.807) is 0 Å². The van der Waals surface area contributed by atoms with E-state index in [-0.39, 0.29) is 5.91 Å². The van der Waals surface area contributed by atoms with E-state index in [1.807, 2.05) is 19.0 Å². The van der Waals surface area contributed by atoms with Gasteiger partial charge in [-0.2, -0.15) is 0 Å². The predicted octanol–water partition coefficient (Wildman–Crippen LogP) is 1.09. The number of aliphatic carboxylic acids is 1. The van der Waals surface area contributed by atoms with Crippen molar-refractivity contribution in [3.8, 4) is 0 Å². The summed E-state index contributed by atoms with van der Waals surface area (Å²) in [4.78, 5) is 25.5. The molecule has 0 aromatic rings. The van der Waals surface area contributed by atoms with Crippen LogP contribution in [0, 0.1) is 5.41 Å². The third kappa shape index (κ3) is 3.70. The summed E-state index contributed by atoms with van der Waals surface area (Å²) in [6, 6.07) is 0. The standard InChI is InChI=1S/C13H24N2O3/c1-15(2)10-6-9-14-11(16)13(12(17)18)7-4-3-5-8-13/h3-10H2,1-2H3,(H,14,16)(H,17,18). The summed E-state index contributed by atoms with van der Waals surface area (Å²) < 4.78 is 0. The Kier molecular flexibility index (Phi) is 5.59. The zero-order chi connectivity index (χ0) is 13.6. The van der Waals surface area contributed by atoms with Gasteiger partial charge >= 0.3 is 5.97 Å². The number of carboxylic acid groups (broad SMARTS) is 1. The van der Waals surface area contributed by atoms with Crippen molar-refractivity contribution in [1.29, 1.82) is 0 Å². The van der Waals surface area contributed by atoms with Gasteiger partial charge in [-0.15, -0.1) is 0 Å². The van der Waals surface area contributed by atoms with E-state index < -0.39 is 11.4 Å². The van der Waals surface area contributed by atoms with Crippen molar-refractivity contribution >= 4 is 11.9 Å². The molecule has 0 bridgehead atoms. The number of carbonyl (C=O) groups excluding carboxylic acids is 1. The second kappa shape index (κ2) is 6.73. The Morgan fingerprint density at radius 2 is 1.83 bits per heavy atom. The number of nitrogens with one attached hydrogen (secondary N) is 1. The summed E-state index contributed by atoms with van der Waals surface area (Å²) >= 11 is 0. The fraction of sp³-hybridized carbons (Fsp3) is 0.846. The lowest BCUT2D eigenvalue weighted by molar-refractivity contribution is -0.158. The molecule has 0 spiro atoms. The van der Waals surface area contributed by atoms with E-state index in [1.165, 1.54) is 0 Å². The first-order valence-corrected chi connectivity index (χ1v) is 6.65. The van der Waals surface area contributed by atoms with Crippen LogP contribution in [0.15, 0.2) is 0 Å². The molecule has 0 aromatic heterocycles. The van der Waals surface area contributed by atoms with Gasteiger partial charge in [0.05, 0.1) is 0 Å². The Morgan fingerprint density at radius 1 is 1.22 bits per heavy atom. The zero-order valence-electron chi connectivity index (χ0n) is 11.4. The van der Waals surface area contributed by atoms with Crippen molar-refractivity contribution < 1.29 is 14.7 Å². The molecule has 104 valence electrons. The van der Waals surface area contributed by atoms with Gasteiger partial charge in [0.2, 0.25) is 5.91 Å². The lowest BCUT2D eigenvalue weighted by atomic mass is 9.73. The highest BCUT2D eigenvalue weighted by atomic mass is 16.4. The van der Waals surface area contributed by atoms with Gasteiger partial charge in [-0.3, -0.25) is 9.59 Å².